The van der Waals surface area contributed by atoms with Gasteiger partial charge in [-0.05, 0) is 13.0 Å². The van der Waals surface area contributed by atoms with E-state index in [1.807, 2.05) is 13.0 Å². The first-order valence-corrected chi connectivity index (χ1v) is 4.40. The van der Waals surface area contributed by atoms with Crippen LogP contribution in [0.15, 0.2) is 18.5 Å². The molecule has 13 heavy (non-hydrogen) atoms. The van der Waals surface area contributed by atoms with Crippen LogP contribution in [0.5, 0.6) is 0 Å². The Morgan fingerprint density at radius 3 is 2.62 bits per heavy atom. The summed E-state index contributed by atoms with van der Waals surface area (Å²) in [6, 6.07) is 1.96. The number of anilines is 2. The van der Waals surface area contributed by atoms with Crippen molar-refractivity contribution in [2.24, 2.45) is 0 Å². The van der Waals surface area contributed by atoms with Gasteiger partial charge in [0.1, 0.15) is 0 Å². The lowest BCUT2D eigenvalue weighted by Gasteiger charge is -2.06. The van der Waals surface area contributed by atoms with Crippen molar-refractivity contribution in [3.05, 3.63) is 18.5 Å². The van der Waals surface area contributed by atoms with Gasteiger partial charge in [-0.3, -0.25) is 4.98 Å². The third-order valence-corrected chi connectivity index (χ3v) is 1.56. The molecule has 0 saturated carbocycles. The summed E-state index contributed by atoms with van der Waals surface area (Å²) >= 11 is 0. The number of aliphatic hydroxyl groups excluding tert-OH is 1. The molecule has 1 rings (SSSR count). The lowest BCUT2D eigenvalue weighted by atomic mass is 10.3. The second kappa shape index (κ2) is 5.37. The van der Waals surface area contributed by atoms with Crippen molar-refractivity contribution in [1.29, 1.82) is 0 Å². The molecule has 0 aliphatic rings. The Morgan fingerprint density at radius 2 is 2.00 bits per heavy atom. The molecule has 0 spiro atoms. The molecular weight excluding hydrogens is 166 g/mol. The van der Waals surface area contributed by atoms with Gasteiger partial charge >= 0.3 is 0 Å². The molecule has 0 radical (unpaired) electrons. The van der Waals surface area contributed by atoms with Crippen LogP contribution >= 0.6 is 0 Å². The second-order valence-electron chi connectivity index (χ2n) is 2.64. The molecular formula is C9H15N3O. The first-order valence-electron chi connectivity index (χ1n) is 4.40. The van der Waals surface area contributed by atoms with Gasteiger partial charge in [0.25, 0.3) is 0 Å². The molecule has 0 aromatic carbocycles. The molecule has 1 aromatic heterocycles. The van der Waals surface area contributed by atoms with Crippen molar-refractivity contribution in [2.75, 3.05) is 30.3 Å². The molecule has 4 heteroatoms. The van der Waals surface area contributed by atoms with E-state index in [9.17, 15) is 0 Å². The lowest BCUT2D eigenvalue weighted by molar-refractivity contribution is 0.311. The Kier molecular flexibility index (Phi) is 4.05. The highest BCUT2D eigenvalue weighted by Crippen LogP contribution is 2.11. The van der Waals surface area contributed by atoms with Crippen molar-refractivity contribution in [1.82, 2.24) is 4.98 Å². The van der Waals surface area contributed by atoms with E-state index in [-0.39, 0.29) is 6.61 Å². The highest BCUT2D eigenvalue weighted by atomic mass is 16.3. The molecule has 4 nitrogen and oxygen atoms in total. The third-order valence-electron chi connectivity index (χ3n) is 1.56. The number of hydrogen-bond acceptors (Lipinski definition) is 4. The zero-order valence-electron chi connectivity index (χ0n) is 7.75. The summed E-state index contributed by atoms with van der Waals surface area (Å²) in [7, 11) is 0. The summed E-state index contributed by atoms with van der Waals surface area (Å²) in [5.41, 5.74) is 1.91. The van der Waals surface area contributed by atoms with Crippen molar-refractivity contribution >= 4 is 11.4 Å². The lowest BCUT2D eigenvalue weighted by Crippen LogP contribution is -2.06. The minimum Gasteiger partial charge on any atom is -0.395 e. The van der Waals surface area contributed by atoms with Crippen LogP contribution in [0.25, 0.3) is 0 Å². The molecule has 0 aliphatic heterocycles. The molecule has 0 aliphatic carbocycles. The minimum absolute atomic E-state index is 0.130. The summed E-state index contributed by atoms with van der Waals surface area (Å²) in [4.78, 5) is 4.05. The van der Waals surface area contributed by atoms with E-state index in [1.54, 1.807) is 12.4 Å². The molecule has 0 atom stereocenters. The second-order valence-corrected chi connectivity index (χ2v) is 2.64. The van der Waals surface area contributed by atoms with Crippen LogP contribution in [-0.2, 0) is 0 Å². The largest absolute Gasteiger partial charge is 0.395 e. The number of nitrogens with zero attached hydrogens (tertiary/aromatic N) is 1. The van der Waals surface area contributed by atoms with Crippen LogP contribution in [0.4, 0.5) is 11.4 Å². The number of pyridine rings is 1. The zero-order valence-corrected chi connectivity index (χ0v) is 7.75. The summed E-state index contributed by atoms with van der Waals surface area (Å²) in [6.45, 7) is 3.60. The van der Waals surface area contributed by atoms with Crippen LogP contribution in [0, 0.1) is 0 Å². The summed E-state index contributed by atoms with van der Waals surface area (Å²) < 4.78 is 0. The first kappa shape index (κ1) is 9.80. The van der Waals surface area contributed by atoms with Crippen LogP contribution in [0.1, 0.15) is 6.92 Å². The highest BCUT2D eigenvalue weighted by molar-refractivity contribution is 5.53. The topological polar surface area (TPSA) is 57.2 Å². The van der Waals surface area contributed by atoms with Crippen LogP contribution in [0.3, 0.4) is 0 Å². The van der Waals surface area contributed by atoms with E-state index in [4.69, 9.17) is 5.11 Å². The third kappa shape index (κ3) is 3.29. The van der Waals surface area contributed by atoms with Gasteiger partial charge in [0.2, 0.25) is 0 Å². The SMILES string of the molecule is CCNc1cncc(NCCO)c1. The van der Waals surface area contributed by atoms with Crippen LogP contribution < -0.4 is 10.6 Å². The van der Waals surface area contributed by atoms with E-state index in [0.717, 1.165) is 17.9 Å². The van der Waals surface area contributed by atoms with Gasteiger partial charge in [0.05, 0.1) is 30.4 Å². The minimum atomic E-state index is 0.130. The number of aliphatic hydroxyl groups is 1. The van der Waals surface area contributed by atoms with Crippen molar-refractivity contribution < 1.29 is 5.11 Å². The average molecular weight is 181 g/mol. The Bertz CT molecular complexity index is 252. The fourth-order valence-electron chi connectivity index (χ4n) is 1.04. The van der Waals surface area contributed by atoms with Crippen molar-refractivity contribution in [2.45, 2.75) is 6.92 Å². The molecule has 0 bridgehead atoms. The Hall–Kier alpha value is -1.29. The predicted molar refractivity (Wildman–Crippen MR) is 54.0 cm³/mol. The van der Waals surface area contributed by atoms with E-state index in [0.29, 0.717) is 6.54 Å². The average Bonchev–Trinajstić information content (AvgIpc) is 2.16. The molecule has 1 heterocycles. The predicted octanol–water partition coefficient (Wildman–Crippen LogP) is 0.918. The number of nitrogens with one attached hydrogen (secondary N) is 2. The normalized spacial score (nSPS) is 9.69. The number of hydrogen-bond donors (Lipinski definition) is 3. The summed E-state index contributed by atoms with van der Waals surface area (Å²) in [5.74, 6) is 0. The first-order chi connectivity index (χ1) is 6.36. The van der Waals surface area contributed by atoms with Gasteiger partial charge in [-0.2, -0.15) is 0 Å². The fourth-order valence-corrected chi connectivity index (χ4v) is 1.04. The van der Waals surface area contributed by atoms with Gasteiger partial charge in [0, 0.05) is 13.1 Å². The van der Waals surface area contributed by atoms with Gasteiger partial charge in [-0.25, -0.2) is 0 Å². The van der Waals surface area contributed by atoms with Gasteiger partial charge in [-0.15, -0.1) is 0 Å². The maximum absolute atomic E-state index is 8.60. The molecule has 0 amide bonds. The molecule has 0 unspecified atom stereocenters. The molecule has 0 fully saturated rings. The molecule has 1 aromatic rings. The maximum atomic E-state index is 8.60. The Morgan fingerprint density at radius 1 is 1.31 bits per heavy atom. The Balaban J connectivity index is 2.56. The Labute approximate surface area is 78.0 Å². The van der Waals surface area contributed by atoms with Crippen molar-refractivity contribution in [3.63, 3.8) is 0 Å². The van der Waals surface area contributed by atoms with Gasteiger partial charge in [0.15, 0.2) is 0 Å². The van der Waals surface area contributed by atoms with E-state index < -0.39 is 0 Å². The zero-order chi connectivity index (χ0) is 9.52. The molecule has 0 saturated heterocycles. The van der Waals surface area contributed by atoms with Crippen LogP contribution in [-0.4, -0.2) is 29.8 Å². The quantitative estimate of drug-likeness (QED) is 0.632. The smallest absolute Gasteiger partial charge is 0.0604 e. The summed E-state index contributed by atoms with van der Waals surface area (Å²) in [6.07, 6.45) is 3.50. The number of aromatic nitrogens is 1. The summed E-state index contributed by atoms with van der Waals surface area (Å²) in [5, 5.41) is 14.8. The highest BCUT2D eigenvalue weighted by Gasteiger charge is 1.93. The van der Waals surface area contributed by atoms with Crippen molar-refractivity contribution in [3.8, 4) is 0 Å². The molecule has 72 valence electrons. The van der Waals surface area contributed by atoms with Crippen LogP contribution in [0.2, 0.25) is 0 Å². The molecule has 3 N–H and O–H groups in total. The van der Waals surface area contributed by atoms with E-state index in [2.05, 4.69) is 15.6 Å². The monoisotopic (exact) mass is 181 g/mol. The standard InChI is InChI=1S/C9H15N3O/c1-2-11-8-5-9(7-10-6-8)12-3-4-13/h5-7,11-13H,2-4H2,1H3. The maximum Gasteiger partial charge on any atom is 0.0604 e. The van der Waals surface area contributed by atoms with E-state index in [1.165, 1.54) is 0 Å². The number of rotatable bonds is 5. The van der Waals surface area contributed by atoms with Gasteiger partial charge in [-0.1, -0.05) is 0 Å². The van der Waals surface area contributed by atoms with Gasteiger partial charge < -0.3 is 15.7 Å². The van der Waals surface area contributed by atoms with E-state index >= 15 is 0 Å². The fraction of sp³-hybridized carbons (Fsp3) is 0.444.